The van der Waals surface area contributed by atoms with Gasteiger partial charge in [-0.2, -0.15) is 0 Å². The second-order valence-electron chi connectivity index (χ2n) is 6.56. The molecule has 0 saturated heterocycles. The number of carbonyl (C=O) groups excluding carboxylic acids is 2. The van der Waals surface area contributed by atoms with Crippen molar-refractivity contribution in [1.82, 2.24) is 15.6 Å². The van der Waals surface area contributed by atoms with E-state index in [1.807, 2.05) is 61.5 Å². The van der Waals surface area contributed by atoms with Gasteiger partial charge in [0.2, 0.25) is 0 Å². The monoisotopic (exact) mass is 389 g/mol. The smallest absolute Gasteiger partial charge is 0.253 e. The fourth-order valence-corrected chi connectivity index (χ4v) is 2.92. The third-order valence-corrected chi connectivity index (χ3v) is 4.54. The molecule has 1 unspecified atom stereocenters. The van der Waals surface area contributed by atoms with E-state index in [1.54, 1.807) is 7.11 Å². The van der Waals surface area contributed by atoms with Gasteiger partial charge in [0.05, 0.1) is 24.3 Å². The summed E-state index contributed by atoms with van der Waals surface area (Å²) in [4.78, 5) is 29.1. The van der Waals surface area contributed by atoms with E-state index < -0.39 is 0 Å². The molecule has 0 bridgehead atoms. The third-order valence-electron chi connectivity index (χ3n) is 4.54. The van der Waals surface area contributed by atoms with Crippen LogP contribution in [0, 0.1) is 0 Å². The molecule has 0 fully saturated rings. The van der Waals surface area contributed by atoms with E-state index in [1.165, 1.54) is 18.5 Å². The van der Waals surface area contributed by atoms with Gasteiger partial charge >= 0.3 is 0 Å². The van der Waals surface area contributed by atoms with Gasteiger partial charge in [0.15, 0.2) is 0 Å². The number of rotatable bonds is 7. The lowest BCUT2D eigenvalue weighted by atomic mass is 10.1. The number of nitrogens with zero attached hydrogens (tertiary/aromatic N) is 1. The van der Waals surface area contributed by atoms with Crippen LogP contribution in [0.1, 0.15) is 44.8 Å². The van der Waals surface area contributed by atoms with E-state index in [0.29, 0.717) is 23.4 Å². The molecule has 6 heteroatoms. The molecule has 1 heterocycles. The van der Waals surface area contributed by atoms with Gasteiger partial charge in [0, 0.05) is 24.5 Å². The first-order valence-corrected chi connectivity index (χ1v) is 9.29. The van der Waals surface area contributed by atoms with Gasteiger partial charge in [-0.25, -0.2) is 0 Å². The second kappa shape index (κ2) is 9.50. The first kappa shape index (κ1) is 20.1. The number of methoxy groups -OCH3 is 1. The van der Waals surface area contributed by atoms with Crippen LogP contribution in [-0.2, 0) is 6.54 Å². The lowest BCUT2D eigenvalue weighted by Crippen LogP contribution is -2.28. The van der Waals surface area contributed by atoms with Crippen LogP contribution in [0.2, 0.25) is 0 Å². The van der Waals surface area contributed by atoms with Crippen LogP contribution >= 0.6 is 0 Å². The quantitative estimate of drug-likeness (QED) is 0.648. The number of carbonyl (C=O) groups is 2. The molecular weight excluding hydrogens is 366 g/mol. The molecule has 3 rings (SSSR count). The molecule has 148 valence electrons. The number of para-hydroxylation sites is 1. The third kappa shape index (κ3) is 5.19. The van der Waals surface area contributed by atoms with Crippen molar-refractivity contribution >= 4 is 11.8 Å². The number of hydrogen-bond donors (Lipinski definition) is 2. The lowest BCUT2D eigenvalue weighted by molar-refractivity contribution is 0.0939. The number of ether oxygens (including phenoxy) is 1. The standard InChI is InChI=1S/C23H23N3O3/c1-16(17-8-4-3-5-9-17)26-23(28)20-12-19(13-24-14-20)22(27)25-15-18-10-6-7-11-21(18)29-2/h3-14,16H,15H2,1-2H3,(H,25,27)(H,26,28). The summed E-state index contributed by atoms with van der Waals surface area (Å²) in [6, 6.07) is 18.5. The Morgan fingerprint density at radius 3 is 2.34 bits per heavy atom. The number of nitrogens with one attached hydrogen (secondary N) is 2. The van der Waals surface area contributed by atoms with Gasteiger partial charge in [0.25, 0.3) is 11.8 Å². The maximum Gasteiger partial charge on any atom is 0.253 e. The minimum absolute atomic E-state index is 0.160. The molecule has 6 nitrogen and oxygen atoms in total. The fraction of sp³-hybridized carbons (Fsp3) is 0.174. The summed E-state index contributed by atoms with van der Waals surface area (Å²) in [6.07, 6.45) is 2.89. The Labute approximate surface area is 169 Å². The van der Waals surface area contributed by atoms with Crippen molar-refractivity contribution in [3.63, 3.8) is 0 Å². The first-order valence-electron chi connectivity index (χ1n) is 9.29. The Kier molecular flexibility index (Phi) is 6.58. The van der Waals surface area contributed by atoms with Gasteiger partial charge in [-0.1, -0.05) is 48.5 Å². The highest BCUT2D eigenvalue weighted by Gasteiger charge is 2.14. The van der Waals surface area contributed by atoms with Crippen LogP contribution in [0.4, 0.5) is 0 Å². The molecule has 0 saturated carbocycles. The Morgan fingerprint density at radius 1 is 0.966 bits per heavy atom. The second-order valence-corrected chi connectivity index (χ2v) is 6.56. The molecule has 0 aliphatic heterocycles. The maximum atomic E-state index is 12.6. The molecular formula is C23H23N3O3. The van der Waals surface area contributed by atoms with E-state index >= 15 is 0 Å². The van der Waals surface area contributed by atoms with Crippen molar-refractivity contribution < 1.29 is 14.3 Å². The molecule has 1 atom stereocenters. The highest BCUT2D eigenvalue weighted by molar-refractivity contribution is 5.99. The summed E-state index contributed by atoms with van der Waals surface area (Å²) in [5.41, 5.74) is 2.51. The molecule has 0 spiro atoms. The van der Waals surface area contributed by atoms with E-state index in [4.69, 9.17) is 4.74 Å². The van der Waals surface area contributed by atoms with Crippen LogP contribution < -0.4 is 15.4 Å². The largest absolute Gasteiger partial charge is 0.496 e. The summed E-state index contributed by atoms with van der Waals surface area (Å²) in [6.45, 7) is 2.22. The number of benzene rings is 2. The van der Waals surface area contributed by atoms with Crippen molar-refractivity contribution in [3.8, 4) is 5.75 Å². The maximum absolute atomic E-state index is 12.6. The molecule has 2 N–H and O–H groups in total. The predicted molar refractivity (Wildman–Crippen MR) is 111 cm³/mol. The Balaban J connectivity index is 1.65. The molecule has 0 aliphatic rings. The predicted octanol–water partition coefficient (Wildman–Crippen LogP) is 3.51. The SMILES string of the molecule is COc1ccccc1CNC(=O)c1cncc(C(=O)NC(C)c2ccccc2)c1. The van der Waals surface area contributed by atoms with E-state index in [0.717, 1.165) is 11.1 Å². The Hall–Kier alpha value is -3.67. The highest BCUT2D eigenvalue weighted by Crippen LogP contribution is 2.17. The average Bonchev–Trinajstić information content (AvgIpc) is 2.78. The molecule has 2 aromatic carbocycles. The van der Waals surface area contributed by atoms with E-state index in [-0.39, 0.29) is 17.9 Å². The van der Waals surface area contributed by atoms with Crippen molar-refractivity contribution in [2.75, 3.05) is 7.11 Å². The van der Waals surface area contributed by atoms with E-state index in [2.05, 4.69) is 15.6 Å². The summed E-state index contributed by atoms with van der Waals surface area (Å²) >= 11 is 0. The van der Waals surface area contributed by atoms with Crippen LogP contribution in [0.15, 0.2) is 73.1 Å². The van der Waals surface area contributed by atoms with Crippen molar-refractivity contribution in [2.45, 2.75) is 19.5 Å². The first-order chi connectivity index (χ1) is 14.1. The molecule has 29 heavy (non-hydrogen) atoms. The van der Waals surface area contributed by atoms with E-state index in [9.17, 15) is 9.59 Å². The zero-order valence-electron chi connectivity index (χ0n) is 16.4. The fourth-order valence-electron chi connectivity index (χ4n) is 2.92. The van der Waals surface area contributed by atoms with Gasteiger partial charge in [-0.3, -0.25) is 14.6 Å². The van der Waals surface area contributed by atoms with Crippen LogP contribution in [-0.4, -0.2) is 23.9 Å². The Bertz CT molecular complexity index is 989. The number of pyridine rings is 1. The number of hydrogen-bond acceptors (Lipinski definition) is 4. The zero-order valence-corrected chi connectivity index (χ0v) is 16.4. The van der Waals surface area contributed by atoms with Crippen LogP contribution in [0.3, 0.4) is 0 Å². The summed E-state index contributed by atoms with van der Waals surface area (Å²) in [5, 5.41) is 5.76. The van der Waals surface area contributed by atoms with Crippen molar-refractivity contribution in [1.29, 1.82) is 0 Å². The van der Waals surface area contributed by atoms with Crippen LogP contribution in [0.5, 0.6) is 5.75 Å². The molecule has 3 aromatic rings. The van der Waals surface area contributed by atoms with Gasteiger partial charge in [0.1, 0.15) is 5.75 Å². The number of aromatic nitrogens is 1. The average molecular weight is 389 g/mol. The minimum Gasteiger partial charge on any atom is -0.496 e. The van der Waals surface area contributed by atoms with Gasteiger partial charge in [-0.05, 0) is 24.6 Å². The highest BCUT2D eigenvalue weighted by atomic mass is 16.5. The molecule has 2 amide bonds. The van der Waals surface area contributed by atoms with Crippen molar-refractivity contribution in [2.24, 2.45) is 0 Å². The van der Waals surface area contributed by atoms with Gasteiger partial charge < -0.3 is 15.4 Å². The summed E-state index contributed by atoms with van der Waals surface area (Å²) in [7, 11) is 1.59. The molecule has 0 radical (unpaired) electrons. The minimum atomic E-state index is -0.311. The molecule has 1 aromatic heterocycles. The lowest BCUT2D eigenvalue weighted by Gasteiger charge is -2.14. The van der Waals surface area contributed by atoms with Crippen LogP contribution in [0.25, 0.3) is 0 Å². The summed E-state index contributed by atoms with van der Waals surface area (Å²) in [5.74, 6) is 0.108. The molecule has 0 aliphatic carbocycles. The Morgan fingerprint density at radius 2 is 1.62 bits per heavy atom. The number of amides is 2. The van der Waals surface area contributed by atoms with Gasteiger partial charge in [-0.15, -0.1) is 0 Å². The normalized spacial score (nSPS) is 11.4. The zero-order chi connectivity index (χ0) is 20.6. The topological polar surface area (TPSA) is 80.3 Å². The van der Waals surface area contributed by atoms with Crippen molar-refractivity contribution in [3.05, 3.63) is 95.3 Å². The summed E-state index contributed by atoms with van der Waals surface area (Å²) < 4.78 is 5.29.